The number of nitrogens with zero attached hydrogens (tertiary/aromatic N) is 2. The molecule has 1 aromatic heterocycles. The van der Waals surface area contributed by atoms with Crippen LogP contribution in [0.1, 0.15) is 25.8 Å². The summed E-state index contributed by atoms with van der Waals surface area (Å²) in [6.07, 6.45) is 2.24. The molecule has 6 nitrogen and oxygen atoms in total. The molecule has 98 valence electrons. The molecule has 1 heterocycles. The number of rotatable bonds is 6. The number of aromatic nitrogens is 2. The first-order valence-corrected chi connectivity index (χ1v) is 6.96. The summed E-state index contributed by atoms with van der Waals surface area (Å²) >= 11 is 0. The van der Waals surface area contributed by atoms with Crippen LogP contribution in [-0.2, 0) is 16.6 Å². The first-order chi connectivity index (χ1) is 7.93. The Balaban J connectivity index is 2.95. The van der Waals surface area contributed by atoms with E-state index in [1.54, 1.807) is 0 Å². The minimum atomic E-state index is -3.59. The lowest BCUT2D eigenvalue weighted by atomic mass is 10.1. The predicted octanol–water partition coefficient (Wildman–Crippen LogP) is 0.569. The van der Waals surface area contributed by atoms with Crippen molar-refractivity contribution in [1.82, 2.24) is 14.5 Å². The Kier molecular flexibility index (Phi) is 4.67. The average Bonchev–Trinajstić information content (AvgIpc) is 2.77. The van der Waals surface area contributed by atoms with Gasteiger partial charge in [0.15, 0.2) is 5.03 Å². The Morgan fingerprint density at radius 2 is 2.24 bits per heavy atom. The van der Waals surface area contributed by atoms with Gasteiger partial charge in [-0.3, -0.25) is 5.10 Å². The molecule has 0 saturated heterocycles. The Hall–Kier alpha value is -0.920. The Labute approximate surface area is 102 Å². The molecular weight excluding hydrogens is 242 g/mol. The normalized spacial score (nSPS) is 14.2. The van der Waals surface area contributed by atoms with Crippen molar-refractivity contribution in [2.75, 3.05) is 13.6 Å². The van der Waals surface area contributed by atoms with E-state index in [2.05, 4.69) is 10.2 Å². The molecule has 7 heteroatoms. The van der Waals surface area contributed by atoms with E-state index in [9.17, 15) is 8.42 Å². The summed E-state index contributed by atoms with van der Waals surface area (Å²) in [5.41, 5.74) is 0.293. The molecule has 0 aliphatic rings. The first kappa shape index (κ1) is 14.1. The van der Waals surface area contributed by atoms with Crippen molar-refractivity contribution in [3.63, 3.8) is 0 Å². The summed E-state index contributed by atoms with van der Waals surface area (Å²) < 4.78 is 25.6. The summed E-state index contributed by atoms with van der Waals surface area (Å²) in [6, 6.07) is 0. The zero-order valence-electron chi connectivity index (χ0n) is 10.3. The molecule has 0 bridgehead atoms. The van der Waals surface area contributed by atoms with Crippen molar-refractivity contribution >= 4 is 10.0 Å². The molecule has 2 N–H and O–H groups in total. The summed E-state index contributed by atoms with van der Waals surface area (Å²) in [6.45, 7) is 4.11. The number of aliphatic hydroxyl groups excluding tert-OH is 1. The lowest BCUT2D eigenvalue weighted by Crippen LogP contribution is -2.31. The topological polar surface area (TPSA) is 86.3 Å². The van der Waals surface area contributed by atoms with Crippen LogP contribution in [0, 0.1) is 5.92 Å². The molecule has 17 heavy (non-hydrogen) atoms. The monoisotopic (exact) mass is 261 g/mol. The molecule has 1 unspecified atom stereocenters. The highest BCUT2D eigenvalue weighted by atomic mass is 32.2. The van der Waals surface area contributed by atoms with Crippen LogP contribution < -0.4 is 0 Å². The smallest absolute Gasteiger partial charge is 0.260 e. The standard InChI is InChI=1S/C10H19N3O3S/c1-4-8(2)6-13(3)17(15,16)10-9(7-14)5-11-12-10/h5,8,14H,4,6-7H2,1-3H3,(H,11,12). The van der Waals surface area contributed by atoms with Gasteiger partial charge in [-0.15, -0.1) is 0 Å². The molecule has 0 aromatic carbocycles. The van der Waals surface area contributed by atoms with E-state index < -0.39 is 10.0 Å². The van der Waals surface area contributed by atoms with Gasteiger partial charge in [0.2, 0.25) is 0 Å². The zero-order valence-corrected chi connectivity index (χ0v) is 11.2. The third kappa shape index (κ3) is 3.05. The maximum Gasteiger partial charge on any atom is 0.260 e. The molecule has 0 spiro atoms. The summed E-state index contributed by atoms with van der Waals surface area (Å²) in [7, 11) is -2.06. The lowest BCUT2D eigenvalue weighted by molar-refractivity contribution is 0.278. The summed E-state index contributed by atoms with van der Waals surface area (Å²) in [5, 5.41) is 15.1. The van der Waals surface area contributed by atoms with Gasteiger partial charge >= 0.3 is 0 Å². The van der Waals surface area contributed by atoms with E-state index >= 15 is 0 Å². The van der Waals surface area contributed by atoms with Crippen LogP contribution in [0.2, 0.25) is 0 Å². The van der Waals surface area contributed by atoms with Crippen molar-refractivity contribution in [3.8, 4) is 0 Å². The van der Waals surface area contributed by atoms with Crippen LogP contribution in [0.25, 0.3) is 0 Å². The van der Waals surface area contributed by atoms with Crippen molar-refractivity contribution in [1.29, 1.82) is 0 Å². The molecule has 0 aliphatic carbocycles. The van der Waals surface area contributed by atoms with Crippen molar-refractivity contribution in [2.45, 2.75) is 31.9 Å². The highest BCUT2D eigenvalue weighted by Crippen LogP contribution is 2.17. The van der Waals surface area contributed by atoms with Crippen molar-refractivity contribution in [2.24, 2.45) is 5.92 Å². The lowest BCUT2D eigenvalue weighted by Gasteiger charge is -2.20. The van der Waals surface area contributed by atoms with E-state index in [-0.39, 0.29) is 17.6 Å². The highest BCUT2D eigenvalue weighted by Gasteiger charge is 2.26. The van der Waals surface area contributed by atoms with E-state index in [4.69, 9.17) is 5.11 Å². The first-order valence-electron chi connectivity index (χ1n) is 5.52. The number of hydrogen-bond donors (Lipinski definition) is 2. The Morgan fingerprint density at radius 1 is 1.59 bits per heavy atom. The minimum absolute atomic E-state index is 0.0224. The number of aromatic amines is 1. The predicted molar refractivity (Wildman–Crippen MR) is 63.8 cm³/mol. The van der Waals surface area contributed by atoms with Gasteiger partial charge in [-0.25, -0.2) is 8.42 Å². The molecule has 1 atom stereocenters. The Bertz CT molecular complexity index is 455. The van der Waals surface area contributed by atoms with Gasteiger partial charge < -0.3 is 5.11 Å². The number of aliphatic hydroxyl groups is 1. The summed E-state index contributed by atoms with van der Waals surface area (Å²) in [4.78, 5) is 0. The van der Waals surface area contributed by atoms with Crippen LogP contribution >= 0.6 is 0 Å². The SMILES string of the molecule is CCC(C)CN(C)S(=O)(=O)c1[nH]ncc1CO. The van der Waals surface area contributed by atoms with Crippen LogP contribution in [0.15, 0.2) is 11.2 Å². The van der Waals surface area contributed by atoms with Gasteiger partial charge in [0, 0.05) is 19.2 Å². The van der Waals surface area contributed by atoms with Gasteiger partial charge in [-0.1, -0.05) is 20.3 Å². The minimum Gasteiger partial charge on any atom is -0.392 e. The maximum atomic E-state index is 12.2. The van der Waals surface area contributed by atoms with E-state index in [0.717, 1.165) is 6.42 Å². The van der Waals surface area contributed by atoms with Gasteiger partial charge in [-0.2, -0.15) is 9.40 Å². The number of sulfonamides is 1. The second kappa shape index (κ2) is 5.61. The van der Waals surface area contributed by atoms with E-state index in [0.29, 0.717) is 12.1 Å². The van der Waals surface area contributed by atoms with E-state index in [1.165, 1.54) is 17.5 Å². The van der Waals surface area contributed by atoms with E-state index in [1.807, 2.05) is 13.8 Å². The van der Waals surface area contributed by atoms with Gasteiger partial charge in [-0.05, 0) is 5.92 Å². The number of nitrogens with one attached hydrogen (secondary N) is 1. The highest BCUT2D eigenvalue weighted by molar-refractivity contribution is 7.89. The largest absolute Gasteiger partial charge is 0.392 e. The van der Waals surface area contributed by atoms with Gasteiger partial charge in [0.05, 0.1) is 12.8 Å². The fourth-order valence-corrected chi connectivity index (χ4v) is 2.84. The quantitative estimate of drug-likeness (QED) is 0.783. The van der Waals surface area contributed by atoms with Crippen LogP contribution in [0.5, 0.6) is 0 Å². The molecule has 0 fully saturated rings. The molecule has 1 rings (SSSR count). The molecule has 0 radical (unpaired) electrons. The fraction of sp³-hybridized carbons (Fsp3) is 0.700. The van der Waals surface area contributed by atoms with Crippen LogP contribution in [-0.4, -0.2) is 41.6 Å². The van der Waals surface area contributed by atoms with Crippen molar-refractivity contribution in [3.05, 3.63) is 11.8 Å². The average molecular weight is 261 g/mol. The van der Waals surface area contributed by atoms with Gasteiger partial charge in [0.25, 0.3) is 10.0 Å². The number of H-pyrrole nitrogens is 1. The molecule has 1 aromatic rings. The second-order valence-corrected chi connectivity index (χ2v) is 6.16. The van der Waals surface area contributed by atoms with Gasteiger partial charge in [0.1, 0.15) is 0 Å². The summed E-state index contributed by atoms with van der Waals surface area (Å²) in [5.74, 6) is 0.287. The Morgan fingerprint density at radius 3 is 2.76 bits per heavy atom. The van der Waals surface area contributed by atoms with Crippen molar-refractivity contribution < 1.29 is 13.5 Å². The molecule has 0 aliphatic heterocycles. The van der Waals surface area contributed by atoms with Crippen LogP contribution in [0.3, 0.4) is 0 Å². The van der Waals surface area contributed by atoms with Crippen LogP contribution in [0.4, 0.5) is 0 Å². The molecule has 0 saturated carbocycles. The third-order valence-corrected chi connectivity index (χ3v) is 4.62. The maximum absolute atomic E-state index is 12.2. The zero-order chi connectivity index (χ0) is 13.1. The number of hydrogen-bond acceptors (Lipinski definition) is 4. The molecular formula is C10H19N3O3S. The fourth-order valence-electron chi connectivity index (χ4n) is 1.46. The third-order valence-electron chi connectivity index (χ3n) is 2.78. The molecule has 0 amide bonds. The second-order valence-electron chi connectivity index (χ2n) is 4.18.